The summed E-state index contributed by atoms with van der Waals surface area (Å²) >= 11 is 0. The number of ether oxygens (including phenoxy) is 1. The molecule has 1 amide bonds. The maximum absolute atomic E-state index is 10.5. The number of β-amino-alcohol motifs (C(OH)–C–C–N with tert-alkyl or cyclic N) is 1. The number of hydrogen-bond donors (Lipinski definition) is 2. The first-order valence-corrected chi connectivity index (χ1v) is 4.30. The molecule has 1 heterocycles. The van der Waals surface area contributed by atoms with Gasteiger partial charge in [0.15, 0.2) is 0 Å². The van der Waals surface area contributed by atoms with Gasteiger partial charge in [-0.15, -0.1) is 0 Å². The zero-order valence-electron chi connectivity index (χ0n) is 7.84. The van der Waals surface area contributed by atoms with E-state index in [0.29, 0.717) is 0 Å². The lowest BCUT2D eigenvalue weighted by atomic mass is 10.1. The number of hydrogen-bond acceptors (Lipinski definition) is 4. The van der Waals surface area contributed by atoms with Crippen LogP contribution in [0, 0.1) is 5.92 Å². The number of likely N-dealkylation sites (tertiary alicyclic amines) is 1. The molecule has 0 saturated carbocycles. The summed E-state index contributed by atoms with van der Waals surface area (Å²) < 4.78 is 4.71. The molecule has 1 aliphatic heterocycles. The fourth-order valence-electron chi connectivity index (χ4n) is 1.40. The van der Waals surface area contributed by atoms with Crippen LogP contribution < -0.4 is 0 Å². The summed E-state index contributed by atoms with van der Waals surface area (Å²) in [5.74, 6) is -0.735. The van der Waals surface area contributed by atoms with Crippen LogP contribution in [0.25, 0.3) is 0 Å². The van der Waals surface area contributed by atoms with E-state index in [0.717, 1.165) is 4.90 Å². The zero-order chi connectivity index (χ0) is 10.7. The average molecular weight is 203 g/mol. The molecule has 0 aliphatic carbocycles. The molecular weight excluding hydrogens is 190 g/mol. The minimum atomic E-state index is -1.06. The van der Waals surface area contributed by atoms with Crippen LogP contribution >= 0.6 is 0 Å². The lowest BCUT2D eigenvalue weighted by molar-refractivity contribution is -0.142. The summed E-state index contributed by atoms with van der Waals surface area (Å²) in [6, 6.07) is 0. The summed E-state index contributed by atoms with van der Waals surface area (Å²) in [4.78, 5) is 22.1. The molecule has 6 nitrogen and oxygen atoms in total. The van der Waals surface area contributed by atoms with E-state index in [1.165, 1.54) is 6.92 Å². The van der Waals surface area contributed by atoms with E-state index < -0.39 is 18.2 Å². The number of amides is 1. The van der Waals surface area contributed by atoms with E-state index in [4.69, 9.17) is 9.84 Å². The Balaban J connectivity index is 2.40. The molecule has 1 rings (SSSR count). The molecule has 0 aromatic carbocycles. The summed E-state index contributed by atoms with van der Waals surface area (Å²) in [6.07, 6.45) is -1.81. The Bertz CT molecular complexity index is 242. The van der Waals surface area contributed by atoms with E-state index in [1.54, 1.807) is 0 Å². The van der Waals surface area contributed by atoms with Crippen molar-refractivity contribution in [2.45, 2.75) is 13.0 Å². The Morgan fingerprint density at radius 2 is 2.14 bits per heavy atom. The van der Waals surface area contributed by atoms with Gasteiger partial charge in [-0.25, -0.2) is 4.79 Å². The van der Waals surface area contributed by atoms with Crippen LogP contribution in [0.3, 0.4) is 0 Å². The molecule has 1 saturated heterocycles. The van der Waals surface area contributed by atoms with Crippen molar-refractivity contribution in [2.75, 3.05) is 19.7 Å². The van der Waals surface area contributed by atoms with Crippen molar-refractivity contribution in [3.05, 3.63) is 0 Å². The molecule has 0 aromatic heterocycles. The monoisotopic (exact) mass is 203 g/mol. The highest BCUT2D eigenvalue weighted by atomic mass is 16.5. The Morgan fingerprint density at radius 3 is 2.57 bits per heavy atom. The summed E-state index contributed by atoms with van der Waals surface area (Å²) in [5, 5.41) is 18.1. The normalized spacial score (nSPS) is 26.3. The van der Waals surface area contributed by atoms with Crippen LogP contribution in [0.1, 0.15) is 6.92 Å². The molecule has 14 heavy (non-hydrogen) atoms. The molecule has 0 spiro atoms. The Morgan fingerprint density at radius 1 is 1.50 bits per heavy atom. The lowest BCUT2D eigenvalue weighted by Gasteiger charge is -2.12. The average Bonchev–Trinajstić information content (AvgIpc) is 2.43. The standard InChI is InChI=1S/C8H13NO5/c1-5(10)14-4-6-2-9(8(12)13)3-7(6)11/h6-7,11H,2-4H2,1H3,(H,12,13)/t6?,7-/m1/s1. The van der Waals surface area contributed by atoms with Crippen molar-refractivity contribution < 1.29 is 24.5 Å². The summed E-state index contributed by atoms with van der Waals surface area (Å²) in [6.45, 7) is 1.64. The number of rotatable bonds is 2. The van der Waals surface area contributed by atoms with Crippen molar-refractivity contribution in [1.82, 2.24) is 4.90 Å². The summed E-state index contributed by atoms with van der Waals surface area (Å²) in [7, 11) is 0. The van der Waals surface area contributed by atoms with E-state index in [1.807, 2.05) is 0 Å². The van der Waals surface area contributed by atoms with E-state index in [9.17, 15) is 14.7 Å². The number of aliphatic hydroxyl groups excluding tert-OH is 1. The van der Waals surface area contributed by atoms with Crippen molar-refractivity contribution in [1.29, 1.82) is 0 Å². The second kappa shape index (κ2) is 4.28. The van der Waals surface area contributed by atoms with Gasteiger partial charge in [-0.05, 0) is 0 Å². The third-order valence-electron chi connectivity index (χ3n) is 2.18. The van der Waals surface area contributed by atoms with Gasteiger partial charge in [0.1, 0.15) is 0 Å². The molecule has 1 fully saturated rings. The van der Waals surface area contributed by atoms with Gasteiger partial charge in [0.25, 0.3) is 0 Å². The van der Waals surface area contributed by atoms with Crippen LogP contribution in [-0.2, 0) is 9.53 Å². The van der Waals surface area contributed by atoms with E-state index >= 15 is 0 Å². The van der Waals surface area contributed by atoms with Crippen LogP contribution in [0.15, 0.2) is 0 Å². The third kappa shape index (κ3) is 2.59. The molecule has 1 aliphatic rings. The fourth-order valence-corrected chi connectivity index (χ4v) is 1.40. The molecule has 0 bridgehead atoms. The SMILES string of the molecule is CC(=O)OCC1CN(C(=O)O)C[C@H]1O. The quantitative estimate of drug-likeness (QED) is 0.592. The van der Waals surface area contributed by atoms with E-state index in [2.05, 4.69) is 0 Å². The fraction of sp³-hybridized carbons (Fsp3) is 0.750. The Kier molecular flexibility index (Phi) is 3.29. The van der Waals surface area contributed by atoms with Crippen LogP contribution in [0.5, 0.6) is 0 Å². The van der Waals surface area contributed by atoms with Crippen molar-refractivity contribution in [3.8, 4) is 0 Å². The largest absolute Gasteiger partial charge is 0.465 e. The first-order chi connectivity index (χ1) is 6.50. The molecule has 80 valence electrons. The number of esters is 1. The van der Waals surface area contributed by atoms with Gasteiger partial charge in [0, 0.05) is 19.4 Å². The number of carbonyl (C=O) groups excluding carboxylic acids is 1. The van der Waals surface area contributed by atoms with Crippen molar-refractivity contribution >= 4 is 12.1 Å². The molecule has 0 aromatic rings. The highest BCUT2D eigenvalue weighted by Crippen LogP contribution is 2.17. The van der Waals surface area contributed by atoms with Crippen LogP contribution in [0.2, 0.25) is 0 Å². The van der Waals surface area contributed by atoms with Crippen LogP contribution in [0.4, 0.5) is 4.79 Å². The first-order valence-electron chi connectivity index (χ1n) is 4.30. The highest BCUT2D eigenvalue weighted by molar-refractivity contribution is 5.66. The molecule has 2 N–H and O–H groups in total. The third-order valence-corrected chi connectivity index (χ3v) is 2.18. The highest BCUT2D eigenvalue weighted by Gasteiger charge is 2.34. The van der Waals surface area contributed by atoms with Crippen molar-refractivity contribution in [3.63, 3.8) is 0 Å². The lowest BCUT2D eigenvalue weighted by Crippen LogP contribution is -2.27. The van der Waals surface area contributed by atoms with Gasteiger partial charge in [0.2, 0.25) is 0 Å². The number of carbonyl (C=O) groups is 2. The summed E-state index contributed by atoms with van der Waals surface area (Å²) in [5.41, 5.74) is 0. The second-order valence-corrected chi connectivity index (χ2v) is 3.32. The predicted octanol–water partition coefficient (Wildman–Crippen LogP) is -0.480. The Labute approximate surface area is 81.1 Å². The molecular formula is C8H13NO5. The molecule has 1 unspecified atom stereocenters. The molecule has 0 radical (unpaired) electrons. The minimum Gasteiger partial charge on any atom is -0.465 e. The van der Waals surface area contributed by atoms with Crippen molar-refractivity contribution in [2.24, 2.45) is 5.92 Å². The second-order valence-electron chi connectivity index (χ2n) is 3.32. The van der Waals surface area contributed by atoms with E-state index in [-0.39, 0.29) is 25.6 Å². The van der Waals surface area contributed by atoms with Gasteiger partial charge < -0.3 is 19.8 Å². The van der Waals surface area contributed by atoms with Gasteiger partial charge in [-0.1, -0.05) is 0 Å². The van der Waals surface area contributed by atoms with Gasteiger partial charge in [-0.3, -0.25) is 4.79 Å². The number of nitrogens with zero attached hydrogens (tertiary/aromatic N) is 1. The topological polar surface area (TPSA) is 87.1 Å². The predicted molar refractivity (Wildman–Crippen MR) is 45.7 cm³/mol. The smallest absolute Gasteiger partial charge is 0.407 e. The van der Waals surface area contributed by atoms with Gasteiger partial charge in [0.05, 0.1) is 19.3 Å². The first kappa shape index (κ1) is 10.8. The van der Waals surface area contributed by atoms with Gasteiger partial charge in [-0.2, -0.15) is 0 Å². The maximum atomic E-state index is 10.5. The van der Waals surface area contributed by atoms with Gasteiger partial charge >= 0.3 is 12.1 Å². The number of carboxylic acid groups (broad SMARTS) is 1. The zero-order valence-corrected chi connectivity index (χ0v) is 7.84. The molecule has 6 heteroatoms. The molecule has 2 atom stereocenters. The number of aliphatic hydroxyl groups is 1. The maximum Gasteiger partial charge on any atom is 0.407 e. The Hall–Kier alpha value is -1.30. The van der Waals surface area contributed by atoms with Crippen LogP contribution in [-0.4, -0.2) is 53.0 Å². The minimum absolute atomic E-state index is 0.0697.